The molecule has 1 aromatic heterocycles. The number of carbonyl (C=O) groups is 1. The van der Waals surface area contributed by atoms with Crippen LogP contribution in [-0.4, -0.2) is 47.9 Å². The van der Waals surface area contributed by atoms with Gasteiger partial charge in [-0.25, -0.2) is 0 Å². The summed E-state index contributed by atoms with van der Waals surface area (Å²) in [6, 6.07) is 12.6. The smallest absolute Gasteiger partial charge is 0.254 e. The summed E-state index contributed by atoms with van der Waals surface area (Å²) in [6.07, 6.45) is 3.49. The summed E-state index contributed by atoms with van der Waals surface area (Å²) in [4.78, 5) is 20.7. The van der Waals surface area contributed by atoms with Crippen molar-refractivity contribution in [2.45, 2.75) is 6.54 Å². The van der Waals surface area contributed by atoms with Gasteiger partial charge in [-0.2, -0.15) is 5.26 Å². The van der Waals surface area contributed by atoms with Gasteiger partial charge in [-0.15, -0.1) is 0 Å². The normalized spacial score (nSPS) is 10.3. The predicted octanol–water partition coefficient (Wildman–Crippen LogP) is 2.16. The van der Waals surface area contributed by atoms with Crippen LogP contribution in [0.1, 0.15) is 21.5 Å². The van der Waals surface area contributed by atoms with Crippen molar-refractivity contribution in [2.75, 3.05) is 27.2 Å². The van der Waals surface area contributed by atoms with Crippen molar-refractivity contribution in [1.29, 1.82) is 5.26 Å². The molecule has 0 aliphatic rings. The summed E-state index contributed by atoms with van der Waals surface area (Å²) in [7, 11) is 3.96. The molecule has 2 rings (SSSR count). The Labute approximate surface area is 136 Å². The summed E-state index contributed by atoms with van der Waals surface area (Å²) in [6.45, 7) is 1.92. The number of amides is 1. The van der Waals surface area contributed by atoms with Gasteiger partial charge in [0.15, 0.2) is 0 Å². The van der Waals surface area contributed by atoms with Crippen LogP contribution in [0.15, 0.2) is 48.8 Å². The molecule has 0 radical (unpaired) electrons. The fourth-order valence-corrected chi connectivity index (χ4v) is 2.16. The fraction of sp³-hybridized carbons (Fsp3) is 0.278. The molecule has 0 spiro atoms. The van der Waals surface area contributed by atoms with E-state index < -0.39 is 0 Å². The Morgan fingerprint density at radius 1 is 1.17 bits per heavy atom. The van der Waals surface area contributed by atoms with Crippen molar-refractivity contribution in [3.05, 3.63) is 65.5 Å². The molecule has 0 bridgehead atoms. The molecule has 0 saturated carbocycles. The summed E-state index contributed by atoms with van der Waals surface area (Å²) in [5.74, 6) is -0.0415. The Kier molecular flexibility index (Phi) is 5.84. The topological polar surface area (TPSA) is 60.2 Å². The van der Waals surface area contributed by atoms with E-state index in [2.05, 4.69) is 11.1 Å². The van der Waals surface area contributed by atoms with Crippen LogP contribution in [0.5, 0.6) is 0 Å². The summed E-state index contributed by atoms with van der Waals surface area (Å²) in [5.41, 5.74) is 2.13. The van der Waals surface area contributed by atoms with Gasteiger partial charge >= 0.3 is 0 Å². The first-order chi connectivity index (χ1) is 11.1. The Morgan fingerprint density at radius 3 is 2.48 bits per heavy atom. The highest BCUT2D eigenvalue weighted by atomic mass is 16.2. The molecule has 1 heterocycles. The first-order valence-electron chi connectivity index (χ1n) is 7.43. The zero-order valence-electron chi connectivity index (χ0n) is 13.4. The second kappa shape index (κ2) is 8.06. The Bertz CT molecular complexity index is 674. The number of hydrogen-bond acceptors (Lipinski definition) is 4. The maximum atomic E-state index is 12.8. The lowest BCUT2D eigenvalue weighted by Crippen LogP contribution is -2.36. The third kappa shape index (κ3) is 4.90. The summed E-state index contributed by atoms with van der Waals surface area (Å²) < 4.78 is 0. The average molecular weight is 308 g/mol. The van der Waals surface area contributed by atoms with Crippen molar-refractivity contribution < 1.29 is 4.79 Å². The average Bonchev–Trinajstić information content (AvgIpc) is 2.59. The molecule has 1 aromatic carbocycles. The minimum Gasteiger partial charge on any atom is -0.333 e. The SMILES string of the molecule is CN(C)CCN(Cc1cccnc1)C(=O)c1ccc(C#N)cc1. The van der Waals surface area contributed by atoms with E-state index in [1.165, 1.54) is 0 Å². The molecular formula is C18H20N4O. The molecule has 0 N–H and O–H groups in total. The molecule has 2 aromatic rings. The Balaban J connectivity index is 2.17. The van der Waals surface area contributed by atoms with Crippen LogP contribution >= 0.6 is 0 Å². The quantitative estimate of drug-likeness (QED) is 0.820. The van der Waals surface area contributed by atoms with Crippen LogP contribution in [0.4, 0.5) is 0 Å². The fourth-order valence-electron chi connectivity index (χ4n) is 2.16. The van der Waals surface area contributed by atoms with Gasteiger partial charge in [-0.3, -0.25) is 9.78 Å². The lowest BCUT2D eigenvalue weighted by molar-refractivity contribution is 0.0732. The second-order valence-corrected chi connectivity index (χ2v) is 5.58. The third-order valence-electron chi connectivity index (χ3n) is 3.46. The molecule has 0 fully saturated rings. The van der Waals surface area contributed by atoms with Gasteiger partial charge in [0.1, 0.15) is 0 Å². The monoisotopic (exact) mass is 308 g/mol. The van der Waals surface area contributed by atoms with E-state index in [9.17, 15) is 4.79 Å². The highest BCUT2D eigenvalue weighted by Gasteiger charge is 2.16. The van der Waals surface area contributed by atoms with E-state index in [1.807, 2.05) is 31.1 Å². The van der Waals surface area contributed by atoms with E-state index in [-0.39, 0.29) is 5.91 Å². The lowest BCUT2D eigenvalue weighted by Gasteiger charge is -2.24. The Hall–Kier alpha value is -2.71. The van der Waals surface area contributed by atoms with Crippen molar-refractivity contribution in [3.63, 3.8) is 0 Å². The van der Waals surface area contributed by atoms with Gasteiger partial charge in [-0.1, -0.05) is 6.07 Å². The lowest BCUT2D eigenvalue weighted by atomic mass is 10.1. The van der Waals surface area contributed by atoms with Crippen molar-refractivity contribution in [1.82, 2.24) is 14.8 Å². The van der Waals surface area contributed by atoms with Crippen molar-refractivity contribution in [3.8, 4) is 6.07 Å². The van der Waals surface area contributed by atoms with Crippen LogP contribution in [0, 0.1) is 11.3 Å². The molecular weight excluding hydrogens is 288 g/mol. The molecule has 0 unspecified atom stereocenters. The largest absolute Gasteiger partial charge is 0.333 e. The third-order valence-corrected chi connectivity index (χ3v) is 3.46. The van der Waals surface area contributed by atoms with Crippen LogP contribution in [0.25, 0.3) is 0 Å². The van der Waals surface area contributed by atoms with E-state index in [4.69, 9.17) is 5.26 Å². The van der Waals surface area contributed by atoms with Crippen molar-refractivity contribution in [2.24, 2.45) is 0 Å². The number of nitrogens with zero attached hydrogens (tertiary/aromatic N) is 4. The first kappa shape index (κ1) is 16.7. The highest BCUT2D eigenvalue weighted by Crippen LogP contribution is 2.11. The molecule has 23 heavy (non-hydrogen) atoms. The number of nitriles is 1. The van der Waals surface area contributed by atoms with E-state index in [1.54, 1.807) is 41.6 Å². The molecule has 0 aliphatic carbocycles. The second-order valence-electron chi connectivity index (χ2n) is 5.58. The van der Waals surface area contributed by atoms with Crippen molar-refractivity contribution >= 4 is 5.91 Å². The zero-order valence-corrected chi connectivity index (χ0v) is 13.4. The van der Waals surface area contributed by atoms with Crippen LogP contribution in [0.2, 0.25) is 0 Å². The molecule has 5 nitrogen and oxygen atoms in total. The predicted molar refractivity (Wildman–Crippen MR) is 88.7 cm³/mol. The van der Waals surface area contributed by atoms with Crippen LogP contribution < -0.4 is 0 Å². The molecule has 0 aliphatic heterocycles. The highest BCUT2D eigenvalue weighted by molar-refractivity contribution is 5.94. The van der Waals surface area contributed by atoms with Gasteiger partial charge in [0.05, 0.1) is 11.6 Å². The molecule has 5 heteroatoms. The standard InChI is InChI=1S/C18H20N4O/c1-21(2)10-11-22(14-16-4-3-9-20-13-16)18(23)17-7-5-15(12-19)6-8-17/h3-9,13H,10-11,14H2,1-2H3. The number of hydrogen-bond donors (Lipinski definition) is 0. The van der Waals surface area contributed by atoms with Gasteiger partial charge in [0.2, 0.25) is 0 Å². The maximum Gasteiger partial charge on any atom is 0.254 e. The molecule has 118 valence electrons. The summed E-state index contributed by atoms with van der Waals surface area (Å²) in [5, 5.41) is 8.86. The van der Waals surface area contributed by atoms with Crippen LogP contribution in [0.3, 0.4) is 0 Å². The molecule has 1 amide bonds. The number of benzene rings is 1. The molecule has 0 saturated heterocycles. The van der Waals surface area contributed by atoms with Gasteiger partial charge in [0, 0.05) is 37.6 Å². The Morgan fingerprint density at radius 2 is 1.91 bits per heavy atom. The van der Waals surface area contributed by atoms with Gasteiger partial charge in [-0.05, 0) is 50.0 Å². The minimum atomic E-state index is -0.0415. The van der Waals surface area contributed by atoms with E-state index in [0.717, 1.165) is 12.1 Å². The van der Waals surface area contributed by atoms with Crippen LogP contribution in [-0.2, 0) is 6.54 Å². The van der Waals surface area contributed by atoms with E-state index >= 15 is 0 Å². The zero-order chi connectivity index (χ0) is 16.7. The van der Waals surface area contributed by atoms with Gasteiger partial charge in [0.25, 0.3) is 5.91 Å². The van der Waals surface area contributed by atoms with Gasteiger partial charge < -0.3 is 9.80 Å². The number of pyridine rings is 1. The number of likely N-dealkylation sites (N-methyl/N-ethyl adjacent to an activating group) is 1. The summed E-state index contributed by atoms with van der Waals surface area (Å²) >= 11 is 0. The first-order valence-corrected chi connectivity index (χ1v) is 7.43. The van der Waals surface area contributed by atoms with E-state index in [0.29, 0.717) is 24.2 Å². The number of aromatic nitrogens is 1. The maximum absolute atomic E-state index is 12.8. The number of carbonyl (C=O) groups excluding carboxylic acids is 1. The minimum absolute atomic E-state index is 0.0415. The molecule has 0 atom stereocenters. The number of rotatable bonds is 6.